The van der Waals surface area contributed by atoms with E-state index in [-0.39, 0.29) is 33.0 Å². The number of hydrogen-bond donors (Lipinski definition) is 0. The van der Waals surface area contributed by atoms with Crippen molar-refractivity contribution in [2.45, 2.75) is 24.8 Å². The van der Waals surface area contributed by atoms with Crippen LogP contribution in [0.3, 0.4) is 0 Å². The number of ketones is 1. The summed E-state index contributed by atoms with van der Waals surface area (Å²) >= 11 is 18.4. The third-order valence-corrected chi connectivity index (χ3v) is 9.88. The van der Waals surface area contributed by atoms with Crippen molar-refractivity contribution >= 4 is 58.3 Å². The van der Waals surface area contributed by atoms with E-state index in [1.165, 1.54) is 25.1 Å². The first kappa shape index (κ1) is 27.8. The van der Waals surface area contributed by atoms with Crippen molar-refractivity contribution in [1.29, 1.82) is 0 Å². The summed E-state index contributed by atoms with van der Waals surface area (Å²) in [5.41, 5.74) is 4.37. The second-order valence-corrected chi connectivity index (χ2v) is 12.3. The quantitative estimate of drug-likeness (QED) is 0.173. The molecule has 1 heterocycles. The minimum Gasteiger partial charge on any atom is -0.292 e. The number of hydrogen-bond acceptors (Lipinski definition) is 4. The highest BCUT2D eigenvalue weighted by Crippen LogP contribution is 2.61. The molecule has 4 aliphatic rings. The van der Waals surface area contributed by atoms with E-state index in [9.17, 15) is 19.2 Å². The minimum atomic E-state index is -1.22. The molecule has 0 aromatic heterocycles. The first-order valence-electron chi connectivity index (χ1n) is 13.8. The fraction of sp³-hybridized carbons (Fsp3) is 0.176. The number of halogens is 3. The lowest BCUT2D eigenvalue weighted by molar-refractivity contribution is -0.156. The molecule has 0 radical (unpaired) electrons. The Labute approximate surface area is 262 Å². The van der Waals surface area contributed by atoms with Gasteiger partial charge in [0, 0.05) is 28.0 Å². The van der Waals surface area contributed by atoms with E-state index in [0.29, 0.717) is 5.02 Å². The van der Waals surface area contributed by atoms with Gasteiger partial charge in [-0.3, -0.25) is 19.2 Å². The Kier molecular flexibility index (Phi) is 6.69. The zero-order chi connectivity index (χ0) is 30.2. The van der Waals surface area contributed by atoms with Gasteiger partial charge in [-0.15, -0.1) is 0 Å². The average molecular weight is 630 g/mol. The van der Waals surface area contributed by atoms with Crippen LogP contribution in [0.5, 0.6) is 0 Å². The number of imide groups is 1. The van der Waals surface area contributed by atoms with Crippen molar-refractivity contribution in [1.82, 2.24) is 10.0 Å². The van der Waals surface area contributed by atoms with E-state index in [0.717, 1.165) is 32.3 Å². The maximum Gasteiger partial charge on any atom is 0.273 e. The van der Waals surface area contributed by atoms with Gasteiger partial charge in [0.1, 0.15) is 6.04 Å². The van der Waals surface area contributed by atoms with E-state index < -0.39 is 41.4 Å². The third-order valence-electron chi connectivity index (χ3n) is 8.89. The second-order valence-electron chi connectivity index (χ2n) is 11.1. The van der Waals surface area contributed by atoms with E-state index in [2.05, 4.69) is 0 Å². The minimum absolute atomic E-state index is 0.0789. The average Bonchev–Trinajstić information content (AvgIpc) is 3.28. The molecule has 3 amide bonds. The molecule has 3 atom stereocenters. The van der Waals surface area contributed by atoms with Crippen LogP contribution >= 0.6 is 34.8 Å². The molecule has 43 heavy (non-hydrogen) atoms. The highest BCUT2D eigenvalue weighted by Gasteiger charge is 2.63. The second kappa shape index (κ2) is 10.3. The predicted octanol–water partition coefficient (Wildman–Crippen LogP) is 7.17. The molecule has 6 nitrogen and oxygen atoms in total. The smallest absolute Gasteiger partial charge is 0.273 e. The Balaban J connectivity index is 1.36. The van der Waals surface area contributed by atoms with Crippen molar-refractivity contribution in [3.05, 3.63) is 139 Å². The van der Waals surface area contributed by atoms with Crippen molar-refractivity contribution in [2.75, 3.05) is 0 Å². The molecule has 1 fully saturated rings. The van der Waals surface area contributed by atoms with Crippen molar-refractivity contribution in [2.24, 2.45) is 11.8 Å². The molecule has 9 heteroatoms. The summed E-state index contributed by atoms with van der Waals surface area (Å²) in [6.45, 7) is 1.51. The lowest BCUT2D eigenvalue weighted by atomic mass is 9.55. The largest absolute Gasteiger partial charge is 0.292 e. The van der Waals surface area contributed by atoms with Crippen LogP contribution in [0.25, 0.3) is 0 Å². The van der Waals surface area contributed by atoms with Gasteiger partial charge in [0.2, 0.25) is 0 Å². The van der Waals surface area contributed by atoms with Crippen LogP contribution in [0, 0.1) is 11.8 Å². The van der Waals surface area contributed by atoms with Crippen LogP contribution < -0.4 is 0 Å². The van der Waals surface area contributed by atoms with Gasteiger partial charge >= 0.3 is 0 Å². The number of nitrogens with zero attached hydrogens (tertiary/aromatic N) is 2. The topological polar surface area (TPSA) is 74.8 Å². The van der Waals surface area contributed by atoms with Crippen molar-refractivity contribution < 1.29 is 19.2 Å². The molecular weight excluding hydrogens is 607 g/mol. The van der Waals surface area contributed by atoms with Gasteiger partial charge in [-0.05, 0) is 71.6 Å². The molecule has 4 aromatic rings. The van der Waals surface area contributed by atoms with Gasteiger partial charge in [-0.1, -0.05) is 83.3 Å². The van der Waals surface area contributed by atoms with Crippen LogP contribution in [-0.2, 0) is 9.59 Å². The van der Waals surface area contributed by atoms with Crippen LogP contribution in [0.15, 0.2) is 91.0 Å². The van der Waals surface area contributed by atoms with Gasteiger partial charge < -0.3 is 0 Å². The highest BCUT2D eigenvalue weighted by atomic mass is 35.5. The summed E-state index contributed by atoms with van der Waals surface area (Å²) in [4.78, 5) is 57.0. The maximum absolute atomic E-state index is 14.5. The fourth-order valence-corrected chi connectivity index (χ4v) is 7.47. The number of rotatable bonds is 5. The number of benzene rings is 4. The molecule has 0 spiro atoms. The molecule has 1 aliphatic heterocycles. The van der Waals surface area contributed by atoms with Gasteiger partial charge in [0.05, 0.1) is 21.9 Å². The molecule has 4 aromatic carbocycles. The first-order chi connectivity index (χ1) is 20.7. The van der Waals surface area contributed by atoms with Gasteiger partial charge in [-0.2, -0.15) is 5.01 Å². The summed E-state index contributed by atoms with van der Waals surface area (Å²) in [6.07, 6.45) is 0. The predicted molar refractivity (Wildman–Crippen MR) is 163 cm³/mol. The number of amides is 3. The summed E-state index contributed by atoms with van der Waals surface area (Å²) in [6, 6.07) is 25.0. The van der Waals surface area contributed by atoms with Gasteiger partial charge in [-0.25, -0.2) is 5.01 Å². The van der Waals surface area contributed by atoms with E-state index in [1.54, 1.807) is 24.3 Å². The Hall–Kier alpha value is -3.97. The highest BCUT2D eigenvalue weighted by molar-refractivity contribution is 6.42. The standard InChI is InChI=1S/C34H23Cl3N2O4/c1-17(31(40)18-10-13-20(35)14-11-18)38(32(41)19-12-15-25(36)26(37)16-19)39-33(42)29-27-21-6-2-3-7-22(21)28(30(29)34(39)43)24-9-5-4-8-23(24)27/h2-17,27-30H,1H3/t17-,27?,28?,29-,30-/m1/s1. The third kappa shape index (κ3) is 4.15. The fourth-order valence-electron chi connectivity index (χ4n) is 7.04. The molecule has 0 N–H and O–H groups in total. The molecule has 2 bridgehead atoms. The summed E-state index contributed by atoms with van der Waals surface area (Å²) in [7, 11) is 0. The van der Waals surface area contributed by atoms with Crippen LogP contribution in [-0.4, -0.2) is 39.6 Å². The molecule has 8 rings (SSSR count). The van der Waals surface area contributed by atoms with E-state index >= 15 is 0 Å². The molecule has 0 saturated carbocycles. The van der Waals surface area contributed by atoms with Crippen LogP contribution in [0.1, 0.15) is 61.7 Å². The molecular formula is C34H23Cl3N2O4. The zero-order valence-corrected chi connectivity index (χ0v) is 25.0. The van der Waals surface area contributed by atoms with Crippen molar-refractivity contribution in [3.8, 4) is 0 Å². The van der Waals surface area contributed by atoms with Crippen LogP contribution in [0.4, 0.5) is 0 Å². The van der Waals surface area contributed by atoms with Gasteiger partial charge in [0.25, 0.3) is 17.7 Å². The van der Waals surface area contributed by atoms with Crippen LogP contribution in [0.2, 0.25) is 15.1 Å². The van der Waals surface area contributed by atoms with E-state index in [1.807, 2.05) is 48.5 Å². The summed E-state index contributed by atoms with van der Waals surface area (Å²) < 4.78 is 0. The molecule has 0 unspecified atom stereocenters. The lowest BCUT2D eigenvalue weighted by Crippen LogP contribution is -2.56. The normalized spacial score (nSPS) is 22.1. The van der Waals surface area contributed by atoms with Gasteiger partial charge in [0.15, 0.2) is 5.78 Å². The molecule has 1 saturated heterocycles. The Bertz CT molecular complexity index is 1740. The number of carbonyl (C=O) groups is 4. The Morgan fingerprint density at radius 1 is 0.674 bits per heavy atom. The molecule has 214 valence electrons. The summed E-state index contributed by atoms with van der Waals surface area (Å²) in [5, 5.41) is 2.71. The number of carbonyl (C=O) groups excluding carboxylic acids is 4. The molecule has 3 aliphatic carbocycles. The van der Waals surface area contributed by atoms with Crippen molar-refractivity contribution in [3.63, 3.8) is 0 Å². The zero-order valence-electron chi connectivity index (χ0n) is 22.7. The Morgan fingerprint density at radius 2 is 1.14 bits per heavy atom. The Morgan fingerprint density at radius 3 is 1.60 bits per heavy atom. The lowest BCUT2D eigenvalue weighted by Gasteiger charge is -2.45. The van der Waals surface area contributed by atoms with E-state index in [4.69, 9.17) is 34.8 Å². The number of Topliss-reactive ketones (excluding diaryl/α,β-unsaturated/α-hetero) is 1. The monoisotopic (exact) mass is 628 g/mol. The SMILES string of the molecule is C[C@H](C(=O)c1ccc(Cl)cc1)N(C(=O)c1ccc(Cl)c(Cl)c1)N1C(=O)[C@@H]2C3c4ccccc4C(c4ccccc43)[C@H]2C1=O. The summed E-state index contributed by atoms with van der Waals surface area (Å²) in [5.74, 6) is -4.42. The number of hydrazine groups is 1. The first-order valence-corrected chi connectivity index (χ1v) is 15.0. The maximum atomic E-state index is 14.5.